The molecule has 118 valence electrons. The zero-order chi connectivity index (χ0) is 16.0. The molecular formula is C14H19BrF2N2O2. The zero-order valence-electron chi connectivity index (χ0n) is 12.0. The van der Waals surface area contributed by atoms with Gasteiger partial charge in [0.25, 0.3) is 0 Å². The lowest BCUT2D eigenvalue weighted by Gasteiger charge is -2.22. The van der Waals surface area contributed by atoms with Crippen LogP contribution in [0.2, 0.25) is 0 Å². The maximum Gasteiger partial charge on any atom is 0.200 e. The van der Waals surface area contributed by atoms with Crippen LogP contribution in [0, 0.1) is 17.0 Å². The summed E-state index contributed by atoms with van der Waals surface area (Å²) < 4.78 is 32.3. The van der Waals surface area contributed by atoms with Gasteiger partial charge in [-0.15, -0.1) is 0 Å². The lowest BCUT2D eigenvalue weighted by molar-refractivity contribution is 0.275. The summed E-state index contributed by atoms with van der Waals surface area (Å²) in [5.41, 5.74) is 5.17. The second kappa shape index (κ2) is 7.59. The minimum absolute atomic E-state index is 0.113. The number of benzene rings is 1. The second-order valence-corrected chi connectivity index (χ2v) is 6.29. The molecule has 0 saturated heterocycles. The van der Waals surface area contributed by atoms with Gasteiger partial charge in [-0.05, 0) is 31.4 Å². The Labute approximate surface area is 131 Å². The third-order valence-corrected chi connectivity index (χ3v) is 3.67. The lowest BCUT2D eigenvalue weighted by Crippen LogP contribution is -2.31. The van der Waals surface area contributed by atoms with E-state index >= 15 is 0 Å². The minimum atomic E-state index is -0.991. The van der Waals surface area contributed by atoms with E-state index in [1.807, 2.05) is 13.8 Å². The number of ether oxygens (including phenoxy) is 1. The Morgan fingerprint density at radius 3 is 2.67 bits per heavy atom. The number of nitrogens with zero attached hydrogens (tertiary/aromatic N) is 1. The topological polar surface area (TPSA) is 67.8 Å². The third kappa shape index (κ3) is 5.15. The van der Waals surface area contributed by atoms with Crippen LogP contribution < -0.4 is 10.5 Å². The fraction of sp³-hybridized carbons (Fsp3) is 0.500. The largest absolute Gasteiger partial charge is 0.490 e. The smallest absolute Gasteiger partial charge is 0.200 e. The highest BCUT2D eigenvalue weighted by Gasteiger charge is 2.22. The Morgan fingerprint density at radius 1 is 1.38 bits per heavy atom. The monoisotopic (exact) mass is 364 g/mol. The number of rotatable bonds is 7. The van der Waals surface area contributed by atoms with Crippen molar-refractivity contribution in [1.82, 2.24) is 0 Å². The van der Waals surface area contributed by atoms with Crippen LogP contribution >= 0.6 is 15.9 Å². The van der Waals surface area contributed by atoms with Crippen LogP contribution in [0.5, 0.6) is 5.75 Å². The van der Waals surface area contributed by atoms with Gasteiger partial charge < -0.3 is 15.7 Å². The van der Waals surface area contributed by atoms with Crippen LogP contribution in [0.15, 0.2) is 21.8 Å². The van der Waals surface area contributed by atoms with Gasteiger partial charge in [0, 0.05) is 9.89 Å². The molecule has 21 heavy (non-hydrogen) atoms. The molecule has 0 radical (unpaired) electrons. The van der Waals surface area contributed by atoms with Crippen molar-refractivity contribution in [2.24, 2.45) is 16.3 Å². The van der Waals surface area contributed by atoms with Crippen molar-refractivity contribution in [3.63, 3.8) is 0 Å². The lowest BCUT2D eigenvalue weighted by atomic mass is 9.86. The molecule has 0 amide bonds. The van der Waals surface area contributed by atoms with Crippen LogP contribution in [-0.2, 0) is 0 Å². The van der Waals surface area contributed by atoms with E-state index < -0.39 is 17.0 Å². The highest BCUT2D eigenvalue weighted by Crippen LogP contribution is 2.26. The van der Waals surface area contributed by atoms with Crippen LogP contribution in [0.3, 0.4) is 0 Å². The highest BCUT2D eigenvalue weighted by molar-refractivity contribution is 9.10. The van der Waals surface area contributed by atoms with E-state index in [9.17, 15) is 8.78 Å². The van der Waals surface area contributed by atoms with Crippen molar-refractivity contribution in [2.45, 2.75) is 33.1 Å². The summed E-state index contributed by atoms with van der Waals surface area (Å²) in [5, 5.41) is 11.7. The van der Waals surface area contributed by atoms with Crippen molar-refractivity contribution in [2.75, 3.05) is 6.61 Å². The number of amidine groups is 1. The van der Waals surface area contributed by atoms with Crippen molar-refractivity contribution < 1.29 is 18.7 Å². The molecule has 0 spiro atoms. The first-order valence-electron chi connectivity index (χ1n) is 6.53. The molecule has 0 unspecified atom stereocenters. The van der Waals surface area contributed by atoms with E-state index in [1.54, 1.807) is 0 Å². The van der Waals surface area contributed by atoms with Crippen molar-refractivity contribution in [3.8, 4) is 5.75 Å². The van der Waals surface area contributed by atoms with Crippen molar-refractivity contribution in [1.29, 1.82) is 0 Å². The normalized spacial score (nSPS) is 12.5. The molecule has 7 heteroatoms. The molecule has 0 aromatic heterocycles. The number of unbranched alkanes of at least 4 members (excludes halogenated alkanes) is 1. The number of halogens is 3. The molecule has 0 heterocycles. The Kier molecular flexibility index (Phi) is 6.39. The second-order valence-electron chi connectivity index (χ2n) is 5.37. The van der Waals surface area contributed by atoms with E-state index in [-0.39, 0.29) is 18.2 Å². The summed E-state index contributed by atoms with van der Waals surface area (Å²) in [6.45, 7) is 4.00. The van der Waals surface area contributed by atoms with Crippen LogP contribution in [0.25, 0.3) is 0 Å². The molecule has 0 atom stereocenters. The minimum Gasteiger partial charge on any atom is -0.490 e. The number of hydrogen-bond acceptors (Lipinski definition) is 3. The summed E-state index contributed by atoms with van der Waals surface area (Å²) in [6, 6.07) is 2.43. The van der Waals surface area contributed by atoms with Gasteiger partial charge in [-0.1, -0.05) is 34.9 Å². The summed E-state index contributed by atoms with van der Waals surface area (Å²) in [5.74, 6) is -1.89. The van der Waals surface area contributed by atoms with Gasteiger partial charge in [-0.25, -0.2) is 4.39 Å². The zero-order valence-corrected chi connectivity index (χ0v) is 13.6. The number of oxime groups is 1. The number of nitrogens with two attached hydrogens (primary N) is 1. The highest BCUT2D eigenvalue weighted by atomic mass is 79.9. The Bertz CT molecular complexity index is 522. The maximum atomic E-state index is 13.5. The maximum absolute atomic E-state index is 13.5. The van der Waals surface area contributed by atoms with E-state index in [0.717, 1.165) is 12.5 Å². The molecule has 0 aliphatic carbocycles. The predicted octanol–water partition coefficient (Wildman–Crippen LogP) is 4.05. The van der Waals surface area contributed by atoms with Gasteiger partial charge in [0.2, 0.25) is 5.82 Å². The van der Waals surface area contributed by atoms with E-state index in [2.05, 4.69) is 21.1 Å². The van der Waals surface area contributed by atoms with E-state index in [4.69, 9.17) is 15.7 Å². The molecule has 3 N–H and O–H groups in total. The van der Waals surface area contributed by atoms with Gasteiger partial charge >= 0.3 is 0 Å². The average molecular weight is 365 g/mol. The Hall–Kier alpha value is -1.37. The van der Waals surface area contributed by atoms with Gasteiger partial charge in [0.1, 0.15) is 5.84 Å². The average Bonchev–Trinajstić information content (AvgIpc) is 2.42. The van der Waals surface area contributed by atoms with E-state index in [0.29, 0.717) is 17.3 Å². The van der Waals surface area contributed by atoms with E-state index in [1.165, 1.54) is 6.07 Å². The van der Waals surface area contributed by atoms with Gasteiger partial charge in [0.15, 0.2) is 11.6 Å². The summed E-state index contributed by atoms with van der Waals surface area (Å²) in [7, 11) is 0. The summed E-state index contributed by atoms with van der Waals surface area (Å²) >= 11 is 3.08. The molecule has 1 rings (SSSR count). The molecule has 1 aromatic carbocycles. The molecule has 0 saturated carbocycles. The van der Waals surface area contributed by atoms with Crippen LogP contribution in [-0.4, -0.2) is 17.6 Å². The fourth-order valence-electron chi connectivity index (χ4n) is 1.75. The molecule has 4 nitrogen and oxygen atoms in total. The summed E-state index contributed by atoms with van der Waals surface area (Å²) in [4.78, 5) is 0. The van der Waals surface area contributed by atoms with Crippen molar-refractivity contribution >= 4 is 21.8 Å². The van der Waals surface area contributed by atoms with Gasteiger partial charge in [0.05, 0.1) is 6.61 Å². The summed E-state index contributed by atoms with van der Waals surface area (Å²) in [6.07, 6.45) is 2.10. The fourth-order valence-corrected chi connectivity index (χ4v) is 2.16. The molecular weight excluding hydrogens is 346 g/mol. The van der Waals surface area contributed by atoms with Gasteiger partial charge in [-0.3, -0.25) is 0 Å². The molecule has 0 aliphatic rings. The van der Waals surface area contributed by atoms with Crippen LogP contribution in [0.1, 0.15) is 33.1 Å². The Morgan fingerprint density at radius 2 is 2.05 bits per heavy atom. The van der Waals surface area contributed by atoms with Crippen LogP contribution in [0.4, 0.5) is 8.78 Å². The first-order valence-corrected chi connectivity index (χ1v) is 7.32. The third-order valence-electron chi connectivity index (χ3n) is 3.21. The first-order chi connectivity index (χ1) is 9.77. The molecule has 0 aliphatic heterocycles. The predicted molar refractivity (Wildman–Crippen MR) is 80.6 cm³/mol. The van der Waals surface area contributed by atoms with Crippen molar-refractivity contribution in [3.05, 3.63) is 28.2 Å². The Balaban J connectivity index is 2.42. The van der Waals surface area contributed by atoms with Gasteiger partial charge in [-0.2, -0.15) is 4.39 Å². The first kappa shape index (κ1) is 17.7. The number of hydrogen-bond donors (Lipinski definition) is 2. The molecule has 1 aromatic rings. The standard InChI is InChI=1S/C14H19BrF2N2O2/c1-14(2,13(18)19-20)5-3-4-6-21-11-8-9(15)7-10(16)12(11)17/h7-8,20H,3-6H2,1-2H3,(H2,18,19). The quantitative estimate of drug-likeness (QED) is 0.191. The molecule has 0 bridgehead atoms. The molecule has 0 fully saturated rings. The SMILES string of the molecule is CC(C)(CCCCOc1cc(Br)cc(F)c1F)/C(N)=N/O.